The van der Waals surface area contributed by atoms with Crippen LogP contribution in [0.15, 0.2) is 24.3 Å². The number of hydrogen-bond acceptors (Lipinski definition) is 5. The molecule has 3 N–H and O–H groups in total. The summed E-state index contributed by atoms with van der Waals surface area (Å²) < 4.78 is 28.7. The number of benzene rings is 1. The Morgan fingerprint density at radius 2 is 2.05 bits per heavy atom. The molecule has 6 nitrogen and oxygen atoms in total. The van der Waals surface area contributed by atoms with Crippen molar-refractivity contribution in [3.8, 4) is 5.75 Å². The third-order valence-corrected chi connectivity index (χ3v) is 4.73. The van der Waals surface area contributed by atoms with Crippen LogP contribution in [0.2, 0.25) is 0 Å². The molecule has 7 heteroatoms. The molecular formula is C14H22N2O4S. The van der Waals surface area contributed by atoms with Crippen molar-refractivity contribution < 1.29 is 17.9 Å². The molecule has 1 aromatic rings. The first-order chi connectivity index (χ1) is 9.84. The number of nitrogens with two attached hydrogens (primary N) is 1. The average Bonchev–Trinajstić information content (AvgIpc) is 2.39. The van der Waals surface area contributed by atoms with Gasteiger partial charge in [-0.25, -0.2) is 8.42 Å². The fraction of sp³-hybridized carbons (Fsp3) is 0.500. The number of primary amides is 1. The summed E-state index contributed by atoms with van der Waals surface area (Å²) in [6.45, 7) is 3.62. The van der Waals surface area contributed by atoms with Gasteiger partial charge in [0, 0.05) is 11.8 Å². The van der Waals surface area contributed by atoms with Gasteiger partial charge in [0.15, 0.2) is 9.84 Å². The second-order valence-electron chi connectivity index (χ2n) is 4.81. The van der Waals surface area contributed by atoms with Gasteiger partial charge in [-0.15, -0.1) is 0 Å². The van der Waals surface area contributed by atoms with Gasteiger partial charge in [0.05, 0.1) is 24.5 Å². The summed E-state index contributed by atoms with van der Waals surface area (Å²) >= 11 is 0. The van der Waals surface area contributed by atoms with Gasteiger partial charge in [0.2, 0.25) is 5.91 Å². The van der Waals surface area contributed by atoms with E-state index in [1.54, 1.807) is 32.0 Å². The van der Waals surface area contributed by atoms with Crippen LogP contribution in [0.3, 0.4) is 0 Å². The Kier molecular flexibility index (Phi) is 6.48. The first-order valence-electron chi connectivity index (χ1n) is 6.81. The smallest absolute Gasteiger partial charge is 0.220 e. The highest BCUT2D eigenvalue weighted by atomic mass is 32.2. The molecule has 0 aliphatic heterocycles. The molecule has 21 heavy (non-hydrogen) atoms. The molecule has 0 spiro atoms. The largest absolute Gasteiger partial charge is 0.491 e. The van der Waals surface area contributed by atoms with E-state index in [-0.39, 0.29) is 30.6 Å². The first kappa shape index (κ1) is 17.3. The van der Waals surface area contributed by atoms with Crippen molar-refractivity contribution in [2.75, 3.05) is 23.4 Å². The number of sulfone groups is 1. The molecule has 118 valence electrons. The molecule has 0 heterocycles. The number of amides is 1. The van der Waals surface area contributed by atoms with E-state index in [2.05, 4.69) is 5.32 Å². The number of anilines is 1. The SMILES string of the molecule is CCS(=O)(=O)CC(C)Nc1ccccc1OCCC(N)=O. The van der Waals surface area contributed by atoms with E-state index in [0.717, 1.165) is 0 Å². The quantitative estimate of drug-likeness (QED) is 0.713. The Morgan fingerprint density at radius 3 is 2.67 bits per heavy atom. The minimum atomic E-state index is -3.04. The van der Waals surface area contributed by atoms with E-state index in [4.69, 9.17) is 10.5 Å². The summed E-state index contributed by atoms with van der Waals surface area (Å²) in [5.74, 6) is 0.317. The Labute approximate surface area is 125 Å². The molecule has 1 atom stereocenters. The predicted octanol–water partition coefficient (Wildman–Crippen LogP) is 1.18. The van der Waals surface area contributed by atoms with E-state index in [9.17, 15) is 13.2 Å². The standard InChI is InChI=1S/C14H22N2O4S/c1-3-21(18,19)10-11(2)16-12-6-4-5-7-13(12)20-9-8-14(15)17/h4-7,11,16H,3,8-10H2,1-2H3,(H2,15,17). The molecule has 0 aromatic heterocycles. The molecule has 0 fully saturated rings. The maximum Gasteiger partial charge on any atom is 0.220 e. The van der Waals surface area contributed by atoms with Crippen molar-refractivity contribution >= 4 is 21.4 Å². The Morgan fingerprint density at radius 1 is 1.38 bits per heavy atom. The van der Waals surface area contributed by atoms with E-state index in [1.165, 1.54) is 0 Å². The highest BCUT2D eigenvalue weighted by molar-refractivity contribution is 7.91. The van der Waals surface area contributed by atoms with Crippen LogP contribution in [0.4, 0.5) is 5.69 Å². The van der Waals surface area contributed by atoms with E-state index < -0.39 is 15.7 Å². The van der Waals surface area contributed by atoms with Crippen molar-refractivity contribution in [1.82, 2.24) is 0 Å². The lowest BCUT2D eigenvalue weighted by Gasteiger charge is -2.18. The number of para-hydroxylation sites is 2. The Balaban J connectivity index is 2.68. The molecule has 1 aromatic carbocycles. The van der Waals surface area contributed by atoms with Gasteiger partial charge in [-0.1, -0.05) is 19.1 Å². The maximum absolute atomic E-state index is 11.6. The van der Waals surface area contributed by atoms with Gasteiger partial charge < -0.3 is 15.8 Å². The van der Waals surface area contributed by atoms with Gasteiger partial charge in [0.25, 0.3) is 0 Å². The first-order valence-corrected chi connectivity index (χ1v) is 8.63. The second kappa shape index (κ2) is 7.87. The number of rotatable bonds is 9. The van der Waals surface area contributed by atoms with Crippen molar-refractivity contribution in [3.05, 3.63) is 24.3 Å². The van der Waals surface area contributed by atoms with E-state index in [0.29, 0.717) is 11.4 Å². The van der Waals surface area contributed by atoms with Crippen molar-refractivity contribution in [2.45, 2.75) is 26.3 Å². The van der Waals surface area contributed by atoms with Crippen LogP contribution < -0.4 is 15.8 Å². The van der Waals surface area contributed by atoms with Crippen molar-refractivity contribution in [3.63, 3.8) is 0 Å². The number of carbonyl (C=O) groups excluding carboxylic acids is 1. The second-order valence-corrected chi connectivity index (χ2v) is 7.20. The molecule has 1 unspecified atom stereocenters. The van der Waals surface area contributed by atoms with E-state index >= 15 is 0 Å². The minimum Gasteiger partial charge on any atom is -0.491 e. The molecule has 0 radical (unpaired) electrons. The molecule has 1 amide bonds. The Hall–Kier alpha value is -1.76. The summed E-state index contributed by atoms with van der Waals surface area (Å²) in [4.78, 5) is 10.7. The summed E-state index contributed by atoms with van der Waals surface area (Å²) in [5.41, 5.74) is 5.75. The number of nitrogens with one attached hydrogen (secondary N) is 1. The lowest BCUT2D eigenvalue weighted by molar-refractivity contribution is -0.118. The van der Waals surface area contributed by atoms with Crippen LogP contribution in [0.5, 0.6) is 5.75 Å². The normalized spacial score (nSPS) is 12.7. The lowest BCUT2D eigenvalue weighted by Crippen LogP contribution is -2.27. The third kappa shape index (κ3) is 6.48. The summed E-state index contributed by atoms with van der Waals surface area (Å²) in [6.07, 6.45) is 0.133. The Bertz CT molecular complexity index is 572. The van der Waals surface area contributed by atoms with Gasteiger partial charge >= 0.3 is 0 Å². The maximum atomic E-state index is 11.6. The van der Waals surface area contributed by atoms with Crippen LogP contribution in [0.1, 0.15) is 20.3 Å². The topological polar surface area (TPSA) is 98.5 Å². The van der Waals surface area contributed by atoms with Crippen LogP contribution in [-0.4, -0.2) is 38.5 Å². The van der Waals surface area contributed by atoms with Gasteiger partial charge in [0.1, 0.15) is 5.75 Å². The molecule has 0 aliphatic rings. The average molecular weight is 314 g/mol. The van der Waals surface area contributed by atoms with Crippen LogP contribution in [-0.2, 0) is 14.6 Å². The third-order valence-electron chi connectivity index (χ3n) is 2.84. The zero-order valence-corrected chi connectivity index (χ0v) is 13.2. The van der Waals surface area contributed by atoms with Crippen LogP contribution in [0.25, 0.3) is 0 Å². The summed E-state index contributed by atoms with van der Waals surface area (Å²) in [5, 5.41) is 3.12. The lowest BCUT2D eigenvalue weighted by atomic mass is 10.2. The highest BCUT2D eigenvalue weighted by Gasteiger charge is 2.15. The molecule has 1 rings (SSSR count). The van der Waals surface area contributed by atoms with Gasteiger partial charge in [-0.2, -0.15) is 0 Å². The number of ether oxygens (including phenoxy) is 1. The molecule has 0 aliphatic carbocycles. The summed E-state index contributed by atoms with van der Waals surface area (Å²) in [6, 6.07) is 6.94. The summed E-state index contributed by atoms with van der Waals surface area (Å²) in [7, 11) is -3.04. The van der Waals surface area contributed by atoms with Crippen molar-refractivity contribution in [1.29, 1.82) is 0 Å². The van der Waals surface area contributed by atoms with Crippen LogP contribution >= 0.6 is 0 Å². The molecule has 0 saturated carbocycles. The van der Waals surface area contributed by atoms with Gasteiger partial charge in [-0.3, -0.25) is 4.79 Å². The fourth-order valence-corrected chi connectivity index (χ4v) is 2.86. The zero-order chi connectivity index (χ0) is 15.9. The minimum absolute atomic E-state index is 0.0547. The van der Waals surface area contributed by atoms with E-state index in [1.807, 2.05) is 6.07 Å². The number of hydrogen-bond donors (Lipinski definition) is 2. The van der Waals surface area contributed by atoms with Gasteiger partial charge in [-0.05, 0) is 19.1 Å². The highest BCUT2D eigenvalue weighted by Crippen LogP contribution is 2.24. The molecule has 0 saturated heterocycles. The van der Waals surface area contributed by atoms with Crippen molar-refractivity contribution in [2.24, 2.45) is 5.73 Å². The number of carbonyl (C=O) groups is 1. The van der Waals surface area contributed by atoms with Crippen LogP contribution in [0, 0.1) is 0 Å². The monoisotopic (exact) mass is 314 g/mol. The fourth-order valence-electron chi connectivity index (χ4n) is 1.78. The molecular weight excluding hydrogens is 292 g/mol. The zero-order valence-electron chi connectivity index (χ0n) is 12.3. The predicted molar refractivity (Wildman–Crippen MR) is 83.2 cm³/mol. The molecule has 0 bridgehead atoms.